The summed E-state index contributed by atoms with van der Waals surface area (Å²) in [5.74, 6) is -1.25. The third-order valence-corrected chi connectivity index (χ3v) is 3.15. The number of nitrogens with two attached hydrogens (primary N) is 1. The molecular weight excluding hydrogens is 248 g/mol. The lowest BCUT2D eigenvalue weighted by molar-refractivity contribution is -0.154. The summed E-state index contributed by atoms with van der Waals surface area (Å²) in [6.07, 6.45) is -0.951. The van der Waals surface area contributed by atoms with Crippen molar-refractivity contribution in [1.29, 1.82) is 0 Å². The Hall–Kier alpha value is -2.08. The van der Waals surface area contributed by atoms with Gasteiger partial charge in [0.15, 0.2) is 6.10 Å². The van der Waals surface area contributed by atoms with Gasteiger partial charge in [-0.05, 0) is 30.7 Å². The zero-order chi connectivity index (χ0) is 14.0. The number of carboxylic acids is 1. The smallest absolute Gasteiger partial charge is 0.334 e. The molecule has 2 rings (SSSR count). The summed E-state index contributed by atoms with van der Waals surface area (Å²) in [4.78, 5) is 24.6. The Morgan fingerprint density at radius 1 is 1.47 bits per heavy atom. The summed E-state index contributed by atoms with van der Waals surface area (Å²) in [5, 5.41) is 8.91. The Labute approximate surface area is 110 Å². The number of carbonyl (C=O) groups is 2. The van der Waals surface area contributed by atoms with Gasteiger partial charge >= 0.3 is 5.97 Å². The first-order valence-corrected chi connectivity index (χ1v) is 5.99. The van der Waals surface area contributed by atoms with Gasteiger partial charge in [0.1, 0.15) is 0 Å². The van der Waals surface area contributed by atoms with Crippen molar-refractivity contribution in [2.75, 3.05) is 25.4 Å². The second-order valence-corrected chi connectivity index (χ2v) is 4.52. The van der Waals surface area contributed by atoms with Gasteiger partial charge in [0, 0.05) is 17.8 Å². The van der Waals surface area contributed by atoms with E-state index < -0.39 is 12.1 Å². The fourth-order valence-corrected chi connectivity index (χ4v) is 1.97. The van der Waals surface area contributed by atoms with Gasteiger partial charge in [0.05, 0.1) is 13.2 Å². The van der Waals surface area contributed by atoms with Gasteiger partial charge in [0.2, 0.25) is 0 Å². The lowest BCUT2D eigenvalue weighted by Gasteiger charge is -2.31. The molecule has 1 heterocycles. The zero-order valence-corrected chi connectivity index (χ0v) is 10.6. The fourth-order valence-electron chi connectivity index (χ4n) is 1.97. The third kappa shape index (κ3) is 2.85. The van der Waals surface area contributed by atoms with E-state index in [2.05, 4.69) is 0 Å². The van der Waals surface area contributed by atoms with E-state index in [4.69, 9.17) is 15.6 Å². The highest BCUT2D eigenvalue weighted by Crippen LogP contribution is 2.16. The van der Waals surface area contributed by atoms with Crippen molar-refractivity contribution >= 4 is 17.6 Å². The number of carboxylic acid groups (broad SMARTS) is 1. The van der Waals surface area contributed by atoms with E-state index in [1.165, 1.54) is 4.90 Å². The molecule has 1 aromatic carbocycles. The molecule has 1 saturated heterocycles. The van der Waals surface area contributed by atoms with Crippen molar-refractivity contribution in [1.82, 2.24) is 4.90 Å². The van der Waals surface area contributed by atoms with E-state index in [1.807, 2.05) is 6.92 Å². The van der Waals surface area contributed by atoms with Crippen molar-refractivity contribution in [2.24, 2.45) is 0 Å². The molecule has 6 heteroatoms. The molecule has 1 fully saturated rings. The topological polar surface area (TPSA) is 92.9 Å². The molecule has 0 radical (unpaired) electrons. The van der Waals surface area contributed by atoms with Crippen molar-refractivity contribution in [2.45, 2.75) is 13.0 Å². The number of morpholine rings is 1. The maximum absolute atomic E-state index is 12.3. The molecule has 6 nitrogen and oxygen atoms in total. The van der Waals surface area contributed by atoms with Crippen LogP contribution in [0.15, 0.2) is 18.2 Å². The van der Waals surface area contributed by atoms with Gasteiger partial charge in [0.25, 0.3) is 5.91 Å². The second kappa shape index (κ2) is 5.27. The molecule has 1 amide bonds. The molecule has 19 heavy (non-hydrogen) atoms. The number of anilines is 1. The average molecular weight is 264 g/mol. The molecule has 1 aliphatic rings. The SMILES string of the molecule is Cc1cc(C(=O)N2CCOC(C(=O)O)C2)ccc1N. The molecule has 1 aliphatic heterocycles. The van der Waals surface area contributed by atoms with E-state index >= 15 is 0 Å². The number of nitrogens with zero attached hydrogens (tertiary/aromatic N) is 1. The molecule has 102 valence electrons. The van der Waals surface area contributed by atoms with Crippen LogP contribution in [0, 0.1) is 6.92 Å². The second-order valence-electron chi connectivity index (χ2n) is 4.52. The van der Waals surface area contributed by atoms with Crippen LogP contribution in [-0.4, -0.2) is 47.7 Å². The first-order chi connectivity index (χ1) is 8.99. The minimum absolute atomic E-state index is 0.0671. The first-order valence-electron chi connectivity index (χ1n) is 5.99. The van der Waals surface area contributed by atoms with Crippen LogP contribution >= 0.6 is 0 Å². The molecule has 1 aromatic rings. The lowest BCUT2D eigenvalue weighted by atomic mass is 10.1. The largest absolute Gasteiger partial charge is 0.479 e. The monoisotopic (exact) mass is 264 g/mol. The van der Waals surface area contributed by atoms with Crippen LogP contribution < -0.4 is 5.73 Å². The Bertz CT molecular complexity index is 515. The number of aliphatic carboxylic acids is 1. The molecule has 0 bridgehead atoms. The summed E-state index contributed by atoms with van der Waals surface area (Å²) in [6.45, 7) is 2.52. The van der Waals surface area contributed by atoms with Crippen molar-refractivity contribution in [3.05, 3.63) is 29.3 Å². The van der Waals surface area contributed by atoms with Gasteiger partial charge in [-0.2, -0.15) is 0 Å². The molecular formula is C13H16N2O4. The Morgan fingerprint density at radius 3 is 2.84 bits per heavy atom. The Kier molecular flexibility index (Phi) is 3.71. The summed E-state index contributed by atoms with van der Waals surface area (Å²) in [6, 6.07) is 5.04. The summed E-state index contributed by atoms with van der Waals surface area (Å²) in [5.41, 5.74) is 7.67. The van der Waals surface area contributed by atoms with Crippen LogP contribution in [-0.2, 0) is 9.53 Å². The number of carbonyl (C=O) groups excluding carboxylic acids is 1. The van der Waals surface area contributed by atoms with Gasteiger partial charge < -0.3 is 20.5 Å². The zero-order valence-electron chi connectivity index (χ0n) is 10.6. The van der Waals surface area contributed by atoms with E-state index in [9.17, 15) is 9.59 Å². The minimum Gasteiger partial charge on any atom is -0.479 e. The standard InChI is InChI=1S/C13H16N2O4/c1-8-6-9(2-3-10(8)14)12(16)15-4-5-19-11(7-15)13(17)18/h2-3,6,11H,4-5,7,14H2,1H3,(H,17,18). The van der Waals surface area contributed by atoms with Gasteiger partial charge in [-0.15, -0.1) is 0 Å². The normalized spacial score (nSPS) is 19.2. The van der Waals surface area contributed by atoms with Crippen molar-refractivity contribution in [3.63, 3.8) is 0 Å². The molecule has 0 aliphatic carbocycles. The summed E-state index contributed by atoms with van der Waals surface area (Å²) in [7, 11) is 0. The van der Waals surface area contributed by atoms with Crippen LogP contribution in [0.1, 0.15) is 15.9 Å². The van der Waals surface area contributed by atoms with Gasteiger partial charge in [-0.1, -0.05) is 0 Å². The van der Waals surface area contributed by atoms with E-state index in [-0.39, 0.29) is 19.1 Å². The maximum Gasteiger partial charge on any atom is 0.334 e. The number of nitrogen functional groups attached to an aromatic ring is 1. The number of benzene rings is 1. The first kappa shape index (κ1) is 13.4. The molecule has 0 saturated carbocycles. The summed E-state index contributed by atoms with van der Waals surface area (Å²) >= 11 is 0. The third-order valence-electron chi connectivity index (χ3n) is 3.15. The minimum atomic E-state index is -1.05. The van der Waals surface area contributed by atoms with E-state index in [0.717, 1.165) is 5.56 Å². The van der Waals surface area contributed by atoms with Crippen LogP contribution in [0.25, 0.3) is 0 Å². The van der Waals surface area contributed by atoms with Crippen molar-refractivity contribution in [3.8, 4) is 0 Å². The van der Waals surface area contributed by atoms with Gasteiger partial charge in [-0.3, -0.25) is 4.79 Å². The highest BCUT2D eigenvalue weighted by molar-refractivity contribution is 5.95. The lowest BCUT2D eigenvalue weighted by Crippen LogP contribution is -2.48. The molecule has 0 aromatic heterocycles. The average Bonchev–Trinajstić information content (AvgIpc) is 2.41. The highest BCUT2D eigenvalue weighted by Gasteiger charge is 2.29. The van der Waals surface area contributed by atoms with Gasteiger partial charge in [-0.25, -0.2) is 4.79 Å². The van der Waals surface area contributed by atoms with E-state index in [0.29, 0.717) is 17.8 Å². The predicted octanol–water partition coefficient (Wildman–Crippen LogP) is 0.503. The molecule has 1 unspecified atom stereocenters. The Morgan fingerprint density at radius 2 is 2.21 bits per heavy atom. The van der Waals surface area contributed by atoms with Crippen LogP contribution in [0.5, 0.6) is 0 Å². The molecule has 1 atom stereocenters. The summed E-state index contributed by atoms with van der Waals surface area (Å²) < 4.78 is 5.09. The fraction of sp³-hybridized carbons (Fsp3) is 0.385. The van der Waals surface area contributed by atoms with Crippen molar-refractivity contribution < 1.29 is 19.4 Å². The van der Waals surface area contributed by atoms with Crippen LogP contribution in [0.4, 0.5) is 5.69 Å². The number of hydrogen-bond acceptors (Lipinski definition) is 4. The number of hydrogen-bond donors (Lipinski definition) is 2. The predicted molar refractivity (Wildman–Crippen MR) is 68.9 cm³/mol. The molecule has 0 spiro atoms. The number of aryl methyl sites for hydroxylation is 1. The number of rotatable bonds is 2. The van der Waals surface area contributed by atoms with Crippen LogP contribution in [0.2, 0.25) is 0 Å². The highest BCUT2D eigenvalue weighted by atomic mass is 16.5. The maximum atomic E-state index is 12.3. The quantitative estimate of drug-likeness (QED) is 0.759. The number of amides is 1. The van der Waals surface area contributed by atoms with E-state index in [1.54, 1.807) is 18.2 Å². The Balaban J connectivity index is 2.14. The number of ether oxygens (including phenoxy) is 1. The van der Waals surface area contributed by atoms with Crippen LogP contribution in [0.3, 0.4) is 0 Å². The molecule has 3 N–H and O–H groups in total.